The Labute approximate surface area is 134 Å². The van der Waals surface area contributed by atoms with Gasteiger partial charge >= 0.3 is 0 Å². The molecular formula is C16H17N2O4S+. The molecule has 1 aromatic heterocycles. The first-order chi connectivity index (χ1) is 11.0. The molecule has 120 valence electrons. The lowest BCUT2D eigenvalue weighted by Crippen LogP contribution is -2.37. The Balaban J connectivity index is 2.18. The molecule has 7 heteroatoms. The van der Waals surface area contributed by atoms with Gasteiger partial charge < -0.3 is 4.74 Å². The number of hydrogen-bond donors (Lipinski definition) is 1. The highest BCUT2D eigenvalue weighted by atomic mass is 32.2. The summed E-state index contributed by atoms with van der Waals surface area (Å²) in [4.78, 5) is 4.65. The van der Waals surface area contributed by atoms with E-state index in [0.29, 0.717) is 18.7 Å². The number of fused-ring (bicyclic) bond motifs is 2. The number of hydrogen-bond acceptors (Lipinski definition) is 4. The zero-order valence-electron chi connectivity index (χ0n) is 12.6. The molecule has 0 unspecified atom stereocenters. The van der Waals surface area contributed by atoms with Gasteiger partial charge in [0.25, 0.3) is 10.1 Å². The van der Waals surface area contributed by atoms with Gasteiger partial charge in [-0.3, -0.25) is 4.55 Å². The van der Waals surface area contributed by atoms with Crippen molar-refractivity contribution in [3.05, 3.63) is 42.5 Å². The standard InChI is InChI=1S/C16H16N2O4S/c1-22-15-9-4-8-14-16(15)17-12-6-2-3-7-13(12)18(14)10-5-11-23(19,20)21/h2-4,6-9H,5,10-11H2,1H3/p+1. The van der Waals surface area contributed by atoms with E-state index in [2.05, 4.69) is 4.98 Å². The van der Waals surface area contributed by atoms with Crippen LogP contribution in [0.5, 0.6) is 5.75 Å². The van der Waals surface area contributed by atoms with Crippen molar-refractivity contribution in [3.63, 3.8) is 0 Å². The van der Waals surface area contributed by atoms with Gasteiger partial charge in [-0.25, -0.2) is 4.98 Å². The molecule has 1 N–H and O–H groups in total. The third-order valence-electron chi connectivity index (χ3n) is 3.68. The van der Waals surface area contributed by atoms with Crippen molar-refractivity contribution in [2.45, 2.75) is 13.0 Å². The van der Waals surface area contributed by atoms with Crippen LogP contribution in [0.4, 0.5) is 0 Å². The quantitative estimate of drug-likeness (QED) is 0.439. The van der Waals surface area contributed by atoms with Gasteiger partial charge in [-0.2, -0.15) is 13.0 Å². The topological polar surface area (TPSA) is 80.4 Å². The van der Waals surface area contributed by atoms with E-state index in [1.54, 1.807) is 7.11 Å². The normalized spacial score (nSPS) is 11.9. The second kappa shape index (κ2) is 6.10. The highest BCUT2D eigenvalue weighted by Gasteiger charge is 2.19. The molecule has 0 radical (unpaired) electrons. The van der Waals surface area contributed by atoms with Crippen LogP contribution in [0.3, 0.4) is 0 Å². The molecule has 23 heavy (non-hydrogen) atoms. The zero-order chi connectivity index (χ0) is 16.4. The summed E-state index contributed by atoms with van der Waals surface area (Å²) in [5, 5.41) is 0. The minimum absolute atomic E-state index is 0.276. The molecule has 0 aliphatic carbocycles. The van der Waals surface area contributed by atoms with Crippen molar-refractivity contribution in [1.82, 2.24) is 4.98 Å². The maximum absolute atomic E-state index is 11.0. The largest absolute Gasteiger partial charge is 0.494 e. The average molecular weight is 333 g/mol. The van der Waals surface area contributed by atoms with Crippen LogP contribution >= 0.6 is 0 Å². The summed E-state index contributed by atoms with van der Waals surface area (Å²) in [5.41, 5.74) is 3.29. The Morgan fingerprint density at radius 3 is 2.61 bits per heavy atom. The Hall–Kier alpha value is -2.25. The van der Waals surface area contributed by atoms with Crippen LogP contribution in [0.1, 0.15) is 6.42 Å². The molecule has 1 heterocycles. The summed E-state index contributed by atoms with van der Waals surface area (Å²) >= 11 is 0. The van der Waals surface area contributed by atoms with Crippen molar-refractivity contribution in [1.29, 1.82) is 0 Å². The summed E-state index contributed by atoms with van der Waals surface area (Å²) in [6.07, 6.45) is 0.309. The maximum Gasteiger partial charge on any atom is 0.265 e. The number of aryl methyl sites for hydroxylation is 1. The molecule has 2 aromatic carbocycles. The maximum atomic E-state index is 11.0. The molecule has 0 fully saturated rings. The van der Waals surface area contributed by atoms with Crippen molar-refractivity contribution in [2.75, 3.05) is 12.9 Å². The van der Waals surface area contributed by atoms with Gasteiger partial charge in [0.2, 0.25) is 11.0 Å². The number of rotatable bonds is 5. The Morgan fingerprint density at radius 2 is 1.87 bits per heavy atom. The van der Waals surface area contributed by atoms with Crippen LogP contribution < -0.4 is 9.30 Å². The van der Waals surface area contributed by atoms with Gasteiger partial charge in [0.15, 0.2) is 17.8 Å². The first kappa shape index (κ1) is 15.6. The fourth-order valence-electron chi connectivity index (χ4n) is 2.69. The van der Waals surface area contributed by atoms with Gasteiger partial charge in [-0.15, -0.1) is 0 Å². The summed E-state index contributed by atoms with van der Waals surface area (Å²) in [6, 6.07) is 13.3. The van der Waals surface area contributed by atoms with E-state index in [-0.39, 0.29) is 5.75 Å². The molecule has 0 spiro atoms. The summed E-state index contributed by atoms with van der Waals surface area (Å²) in [5.74, 6) is 0.388. The predicted octanol–water partition coefficient (Wildman–Crippen LogP) is 1.96. The lowest BCUT2D eigenvalue weighted by atomic mass is 10.2. The molecule has 0 bridgehead atoms. The van der Waals surface area contributed by atoms with Crippen LogP contribution in [0.15, 0.2) is 42.5 Å². The summed E-state index contributed by atoms with van der Waals surface area (Å²) in [7, 11) is -2.38. The molecule has 0 atom stereocenters. The summed E-state index contributed by atoms with van der Waals surface area (Å²) < 4.78 is 38.2. The van der Waals surface area contributed by atoms with Crippen molar-refractivity contribution < 1.29 is 22.3 Å². The van der Waals surface area contributed by atoms with E-state index in [9.17, 15) is 8.42 Å². The van der Waals surface area contributed by atoms with Gasteiger partial charge in [0, 0.05) is 18.6 Å². The van der Waals surface area contributed by atoms with Crippen LogP contribution in [0.25, 0.3) is 22.1 Å². The fraction of sp³-hybridized carbons (Fsp3) is 0.250. The molecular weight excluding hydrogens is 316 g/mol. The molecule has 0 aliphatic heterocycles. The minimum Gasteiger partial charge on any atom is -0.494 e. The third-order valence-corrected chi connectivity index (χ3v) is 4.48. The highest BCUT2D eigenvalue weighted by Crippen LogP contribution is 2.23. The van der Waals surface area contributed by atoms with Crippen molar-refractivity contribution in [2.24, 2.45) is 0 Å². The number of aromatic nitrogens is 2. The molecule has 0 aliphatic rings. The molecule has 3 rings (SSSR count). The molecule has 0 amide bonds. The lowest BCUT2D eigenvalue weighted by molar-refractivity contribution is -0.645. The molecule has 3 aromatic rings. The third kappa shape index (κ3) is 3.25. The second-order valence-electron chi connectivity index (χ2n) is 5.22. The highest BCUT2D eigenvalue weighted by molar-refractivity contribution is 7.85. The number of nitrogens with zero attached hydrogens (tertiary/aromatic N) is 2. The van der Waals surface area contributed by atoms with Crippen LogP contribution in [0.2, 0.25) is 0 Å². The average Bonchev–Trinajstić information content (AvgIpc) is 2.52. The lowest BCUT2D eigenvalue weighted by Gasteiger charge is -2.07. The number of ether oxygens (including phenoxy) is 1. The Bertz CT molecular complexity index is 970. The molecule has 6 nitrogen and oxygen atoms in total. The van der Waals surface area contributed by atoms with Crippen LogP contribution in [-0.4, -0.2) is 30.8 Å². The van der Waals surface area contributed by atoms with E-state index < -0.39 is 10.1 Å². The smallest absolute Gasteiger partial charge is 0.265 e. The number of methoxy groups -OCH3 is 1. The molecule has 0 saturated carbocycles. The predicted molar refractivity (Wildman–Crippen MR) is 87.0 cm³/mol. The van der Waals surface area contributed by atoms with Crippen LogP contribution in [0, 0.1) is 0 Å². The van der Waals surface area contributed by atoms with E-state index in [4.69, 9.17) is 9.29 Å². The number of benzene rings is 2. The minimum atomic E-state index is -3.97. The fourth-order valence-corrected chi connectivity index (χ4v) is 3.18. The van der Waals surface area contributed by atoms with Crippen molar-refractivity contribution >= 4 is 32.2 Å². The van der Waals surface area contributed by atoms with E-state index in [1.807, 2.05) is 47.0 Å². The first-order valence-electron chi connectivity index (χ1n) is 7.20. The van der Waals surface area contributed by atoms with Gasteiger partial charge in [-0.05, 0) is 12.1 Å². The molecule has 0 saturated heterocycles. The van der Waals surface area contributed by atoms with E-state index >= 15 is 0 Å². The summed E-state index contributed by atoms with van der Waals surface area (Å²) in [6.45, 7) is 0.451. The Morgan fingerprint density at radius 1 is 1.13 bits per heavy atom. The van der Waals surface area contributed by atoms with E-state index in [1.165, 1.54) is 0 Å². The van der Waals surface area contributed by atoms with Crippen molar-refractivity contribution in [3.8, 4) is 5.75 Å². The SMILES string of the molecule is COc1cccc2c1nc1ccccc1[n+]2CCCS(=O)(=O)O. The second-order valence-corrected chi connectivity index (χ2v) is 6.79. The van der Waals surface area contributed by atoms with Gasteiger partial charge in [0.05, 0.1) is 12.9 Å². The van der Waals surface area contributed by atoms with Crippen LogP contribution in [-0.2, 0) is 16.7 Å². The first-order valence-corrected chi connectivity index (χ1v) is 8.81. The van der Waals surface area contributed by atoms with E-state index in [0.717, 1.165) is 22.1 Å². The number of para-hydroxylation sites is 3. The monoisotopic (exact) mass is 333 g/mol. The zero-order valence-corrected chi connectivity index (χ0v) is 13.5. The van der Waals surface area contributed by atoms with Gasteiger partial charge in [-0.1, -0.05) is 18.2 Å². The Kier molecular flexibility index (Phi) is 4.14. The van der Waals surface area contributed by atoms with Gasteiger partial charge in [0.1, 0.15) is 5.52 Å².